The first-order chi connectivity index (χ1) is 12.4. The van der Waals surface area contributed by atoms with Gasteiger partial charge in [-0.15, -0.1) is 18.3 Å². The highest BCUT2D eigenvalue weighted by Crippen LogP contribution is 2.28. The van der Waals surface area contributed by atoms with E-state index in [9.17, 15) is 13.2 Å². The molecule has 1 aromatic carbocycles. The molecule has 2 heterocycles. The zero-order valence-corrected chi connectivity index (χ0v) is 14.6. The molecule has 1 aromatic heterocycles. The lowest BCUT2D eigenvalue weighted by molar-refractivity contribution is -0.274. The number of piperazine rings is 1. The van der Waals surface area contributed by atoms with Crippen LogP contribution in [0.15, 0.2) is 30.3 Å². The highest BCUT2D eigenvalue weighted by atomic mass is 19.4. The van der Waals surface area contributed by atoms with Crippen LogP contribution in [0.5, 0.6) is 5.75 Å². The van der Waals surface area contributed by atoms with Gasteiger partial charge in [0, 0.05) is 39.4 Å². The van der Waals surface area contributed by atoms with E-state index in [1.54, 1.807) is 23.9 Å². The van der Waals surface area contributed by atoms with Gasteiger partial charge in [0.05, 0.1) is 17.5 Å². The van der Waals surface area contributed by atoms with Crippen molar-refractivity contribution in [2.24, 2.45) is 0 Å². The van der Waals surface area contributed by atoms with Crippen LogP contribution in [0.2, 0.25) is 0 Å². The summed E-state index contributed by atoms with van der Waals surface area (Å²) in [6.07, 6.45) is -4.93. The Balaban J connectivity index is 1.90. The van der Waals surface area contributed by atoms with E-state index in [4.69, 9.17) is 4.74 Å². The molecule has 0 radical (unpaired) electrons. The number of benzene rings is 1. The normalized spacial score (nSPS) is 16.6. The van der Waals surface area contributed by atoms with Gasteiger partial charge in [0.25, 0.3) is 0 Å². The minimum Gasteiger partial charge on any atom is -0.406 e. The van der Waals surface area contributed by atoms with Crippen molar-refractivity contribution < 1.29 is 22.6 Å². The molecule has 1 unspecified atom stereocenters. The van der Waals surface area contributed by atoms with Gasteiger partial charge < -0.3 is 19.7 Å². The van der Waals surface area contributed by atoms with Gasteiger partial charge in [-0.1, -0.05) is 0 Å². The van der Waals surface area contributed by atoms with Crippen molar-refractivity contribution in [1.29, 1.82) is 0 Å². The van der Waals surface area contributed by atoms with Gasteiger partial charge in [0.2, 0.25) is 0 Å². The molecule has 1 atom stereocenters. The molecule has 2 aromatic rings. The van der Waals surface area contributed by atoms with Gasteiger partial charge in [-0.05, 0) is 31.2 Å². The summed E-state index contributed by atoms with van der Waals surface area (Å²) in [5.41, 5.74) is 1.46. The minimum atomic E-state index is -4.71. The number of rotatable bonds is 5. The van der Waals surface area contributed by atoms with Crippen LogP contribution in [0, 0.1) is 0 Å². The summed E-state index contributed by atoms with van der Waals surface area (Å²) >= 11 is 0. The Hall–Kier alpha value is -2.26. The van der Waals surface area contributed by atoms with E-state index in [0.717, 1.165) is 37.7 Å². The number of anilines is 1. The van der Waals surface area contributed by atoms with Gasteiger partial charge in [-0.2, -0.15) is 0 Å². The van der Waals surface area contributed by atoms with Crippen molar-refractivity contribution in [2.45, 2.75) is 19.4 Å². The molecule has 1 aliphatic heterocycles. The van der Waals surface area contributed by atoms with Gasteiger partial charge in [0.1, 0.15) is 5.75 Å². The summed E-state index contributed by atoms with van der Waals surface area (Å²) in [5, 5.41) is 7.94. The smallest absolute Gasteiger partial charge is 0.406 e. The molecule has 0 bridgehead atoms. The zero-order chi connectivity index (χ0) is 18.7. The fourth-order valence-electron chi connectivity index (χ4n) is 2.84. The van der Waals surface area contributed by atoms with Crippen LogP contribution in [0.3, 0.4) is 0 Å². The monoisotopic (exact) mass is 370 g/mol. The average Bonchev–Trinajstić information content (AvgIpc) is 3.06. The maximum absolute atomic E-state index is 12.3. The molecule has 142 valence electrons. The van der Waals surface area contributed by atoms with Crippen molar-refractivity contribution >= 4 is 5.82 Å². The lowest BCUT2D eigenvalue weighted by Gasteiger charge is -2.27. The summed E-state index contributed by atoms with van der Waals surface area (Å²) in [6, 6.07) is 7.59. The number of hydrogen-bond donors (Lipinski definition) is 1. The van der Waals surface area contributed by atoms with E-state index < -0.39 is 6.36 Å². The Bertz CT molecular complexity index is 725. The standard InChI is InChI=1S/C17H21F3N4O2/c1-12(25-2)15-11-16(23-9-7-21-8-10-23)22-24(15)13-3-5-14(6-4-13)26-17(18,19)20/h3-6,11-12,21H,7-10H2,1-2H3. The summed E-state index contributed by atoms with van der Waals surface area (Å²) in [7, 11) is 1.60. The molecule has 1 saturated heterocycles. The second-order valence-corrected chi connectivity index (χ2v) is 6.00. The van der Waals surface area contributed by atoms with E-state index in [2.05, 4.69) is 20.1 Å². The first-order valence-electron chi connectivity index (χ1n) is 8.32. The van der Waals surface area contributed by atoms with Gasteiger partial charge in [0.15, 0.2) is 5.82 Å². The van der Waals surface area contributed by atoms with Crippen LogP contribution >= 0.6 is 0 Å². The van der Waals surface area contributed by atoms with E-state index >= 15 is 0 Å². The minimum absolute atomic E-state index is 0.217. The van der Waals surface area contributed by atoms with E-state index in [1.807, 2.05) is 13.0 Å². The third-order valence-corrected chi connectivity index (χ3v) is 4.25. The van der Waals surface area contributed by atoms with E-state index in [0.29, 0.717) is 5.69 Å². The predicted octanol–water partition coefficient (Wildman–Crippen LogP) is 2.89. The SMILES string of the molecule is COC(C)c1cc(N2CCNCC2)nn1-c1ccc(OC(F)(F)F)cc1. The average molecular weight is 370 g/mol. The van der Waals surface area contributed by atoms with Crippen molar-refractivity contribution in [1.82, 2.24) is 15.1 Å². The van der Waals surface area contributed by atoms with Crippen LogP contribution < -0.4 is 15.0 Å². The molecule has 0 spiro atoms. The van der Waals surface area contributed by atoms with Crippen LogP contribution in [-0.4, -0.2) is 49.4 Å². The first-order valence-corrected chi connectivity index (χ1v) is 8.32. The molecule has 9 heteroatoms. The molecule has 0 saturated carbocycles. The second-order valence-electron chi connectivity index (χ2n) is 6.00. The molecule has 1 fully saturated rings. The number of methoxy groups -OCH3 is 1. The number of nitrogens with zero attached hydrogens (tertiary/aromatic N) is 3. The van der Waals surface area contributed by atoms with Gasteiger partial charge >= 0.3 is 6.36 Å². The molecule has 3 rings (SSSR count). The number of nitrogens with one attached hydrogen (secondary N) is 1. The zero-order valence-electron chi connectivity index (χ0n) is 14.6. The summed E-state index contributed by atoms with van der Waals surface area (Å²) in [6.45, 7) is 5.35. The number of halogens is 3. The Labute approximate surface area is 149 Å². The topological polar surface area (TPSA) is 51.5 Å². The first kappa shape index (κ1) is 18.5. The maximum atomic E-state index is 12.3. The third-order valence-electron chi connectivity index (χ3n) is 4.25. The number of ether oxygens (including phenoxy) is 2. The third kappa shape index (κ3) is 4.28. The van der Waals surface area contributed by atoms with Crippen molar-refractivity contribution in [3.05, 3.63) is 36.0 Å². The molecule has 26 heavy (non-hydrogen) atoms. The highest BCUT2D eigenvalue weighted by molar-refractivity contribution is 5.46. The lowest BCUT2D eigenvalue weighted by atomic mass is 10.2. The van der Waals surface area contributed by atoms with Crippen molar-refractivity contribution in [3.63, 3.8) is 0 Å². The van der Waals surface area contributed by atoms with E-state index in [-0.39, 0.29) is 11.9 Å². The van der Waals surface area contributed by atoms with Crippen LogP contribution in [0.4, 0.5) is 19.0 Å². The van der Waals surface area contributed by atoms with E-state index in [1.165, 1.54) is 12.1 Å². The maximum Gasteiger partial charge on any atom is 0.573 e. The fraction of sp³-hybridized carbons (Fsp3) is 0.471. The van der Waals surface area contributed by atoms with Crippen LogP contribution in [-0.2, 0) is 4.74 Å². The summed E-state index contributed by atoms with van der Waals surface area (Å²) in [5.74, 6) is 0.554. The Morgan fingerprint density at radius 2 is 1.81 bits per heavy atom. The molecule has 1 aliphatic rings. The largest absolute Gasteiger partial charge is 0.573 e. The molecular formula is C17H21F3N4O2. The van der Waals surface area contributed by atoms with Crippen molar-refractivity contribution in [2.75, 3.05) is 38.2 Å². The lowest BCUT2D eigenvalue weighted by Crippen LogP contribution is -2.43. The van der Waals surface area contributed by atoms with Crippen LogP contribution in [0.25, 0.3) is 5.69 Å². The number of alkyl halides is 3. The molecule has 6 nitrogen and oxygen atoms in total. The molecule has 1 N–H and O–H groups in total. The summed E-state index contributed by atoms with van der Waals surface area (Å²) < 4.78 is 48.0. The van der Waals surface area contributed by atoms with Gasteiger partial charge in [-0.3, -0.25) is 0 Å². The molecular weight excluding hydrogens is 349 g/mol. The van der Waals surface area contributed by atoms with Crippen LogP contribution in [0.1, 0.15) is 18.7 Å². The molecule has 0 aliphatic carbocycles. The predicted molar refractivity (Wildman–Crippen MR) is 90.8 cm³/mol. The Morgan fingerprint density at radius 1 is 1.15 bits per heavy atom. The number of aromatic nitrogens is 2. The quantitative estimate of drug-likeness (QED) is 0.877. The second kappa shape index (κ2) is 7.55. The molecule has 0 amide bonds. The number of hydrogen-bond acceptors (Lipinski definition) is 5. The van der Waals surface area contributed by atoms with Crippen molar-refractivity contribution in [3.8, 4) is 11.4 Å². The Kier molecular flexibility index (Phi) is 5.38. The highest BCUT2D eigenvalue weighted by Gasteiger charge is 2.31. The summed E-state index contributed by atoms with van der Waals surface area (Å²) in [4.78, 5) is 2.17. The Morgan fingerprint density at radius 3 is 2.38 bits per heavy atom. The van der Waals surface area contributed by atoms with Gasteiger partial charge in [-0.25, -0.2) is 4.68 Å². The fourth-order valence-corrected chi connectivity index (χ4v) is 2.84.